The zero-order chi connectivity index (χ0) is 25.6. The number of carbonyl (C=O) groups is 1. The van der Waals surface area contributed by atoms with Gasteiger partial charge < -0.3 is 0 Å². The molecule has 182 valence electrons. The molecule has 0 atom stereocenters. The summed E-state index contributed by atoms with van der Waals surface area (Å²) in [5.41, 5.74) is 7.99. The van der Waals surface area contributed by atoms with E-state index in [9.17, 15) is 4.79 Å². The minimum absolute atomic E-state index is 0.0610. The van der Waals surface area contributed by atoms with Crippen molar-refractivity contribution in [2.24, 2.45) is 5.41 Å². The van der Waals surface area contributed by atoms with Crippen molar-refractivity contribution in [2.75, 3.05) is 0 Å². The van der Waals surface area contributed by atoms with Gasteiger partial charge in [0.25, 0.3) is 0 Å². The second-order valence-corrected chi connectivity index (χ2v) is 9.95. The topological polar surface area (TPSA) is 17.1 Å². The van der Waals surface area contributed by atoms with Gasteiger partial charge in [0, 0.05) is 0 Å². The van der Waals surface area contributed by atoms with Crippen LogP contribution in [0.5, 0.6) is 0 Å². The van der Waals surface area contributed by atoms with Gasteiger partial charge in [-0.15, -0.1) is 0 Å². The van der Waals surface area contributed by atoms with E-state index in [1.165, 1.54) is 41.6 Å². The van der Waals surface area contributed by atoms with Gasteiger partial charge in [-0.3, -0.25) is 4.79 Å². The zero-order valence-corrected chi connectivity index (χ0v) is 22.6. The molecule has 0 aromatic rings. The molecule has 0 amide bonds. The molecule has 0 saturated heterocycles. The minimum atomic E-state index is 0.0610. The number of carbonyl (C=O) groups excluding carboxylic acids is 1. The van der Waals surface area contributed by atoms with Crippen LogP contribution >= 0.6 is 0 Å². The van der Waals surface area contributed by atoms with Crippen LogP contribution in [0.25, 0.3) is 0 Å². The molecule has 1 nitrogen and oxygen atoms in total. The van der Waals surface area contributed by atoms with Gasteiger partial charge in [-0.1, -0.05) is 121 Å². The van der Waals surface area contributed by atoms with Gasteiger partial charge in [0.15, 0.2) is 5.78 Å². The Balaban J connectivity index is 2.63. The van der Waals surface area contributed by atoms with Crippen LogP contribution in [0.3, 0.4) is 0 Å². The van der Waals surface area contributed by atoms with Crippen molar-refractivity contribution in [1.82, 2.24) is 0 Å². The van der Waals surface area contributed by atoms with Crippen LogP contribution in [-0.4, -0.2) is 5.78 Å². The van der Waals surface area contributed by atoms with Crippen LogP contribution in [0.1, 0.15) is 74.7 Å². The summed E-state index contributed by atoms with van der Waals surface area (Å²) in [6.07, 6.45) is 32.5. The summed E-state index contributed by atoms with van der Waals surface area (Å²) >= 11 is 0. The molecule has 34 heavy (non-hydrogen) atoms. The maximum atomic E-state index is 11.0. The first-order valence-corrected chi connectivity index (χ1v) is 12.3. The first kappa shape index (κ1) is 29.1. The Bertz CT molecular complexity index is 1000. The Labute approximate surface area is 209 Å². The Hall–Kier alpha value is -2.93. The summed E-state index contributed by atoms with van der Waals surface area (Å²) in [6.45, 7) is 16.9. The lowest BCUT2D eigenvalue weighted by atomic mass is 9.72. The highest BCUT2D eigenvalue weighted by atomic mass is 16.1. The summed E-state index contributed by atoms with van der Waals surface area (Å²) in [4.78, 5) is 11.0. The largest absolute Gasteiger partial charge is 0.295 e. The molecule has 1 aliphatic rings. The smallest absolute Gasteiger partial charge is 0.152 e. The molecule has 0 radical (unpaired) electrons. The lowest BCUT2D eigenvalue weighted by Crippen LogP contribution is -2.19. The molecule has 0 bridgehead atoms. The molecular formula is C33H44O. The van der Waals surface area contributed by atoms with E-state index in [4.69, 9.17) is 0 Å². The van der Waals surface area contributed by atoms with Crippen LogP contribution in [0.15, 0.2) is 119 Å². The van der Waals surface area contributed by atoms with E-state index in [1.54, 1.807) is 13.0 Å². The molecule has 0 heterocycles. The summed E-state index contributed by atoms with van der Waals surface area (Å²) < 4.78 is 0. The van der Waals surface area contributed by atoms with Gasteiger partial charge in [0.1, 0.15) is 0 Å². The number of allylic oxidation sites excluding steroid dienone is 20. The SMILES string of the molecule is CC(=O)C=CC(C)=CC=CC(C)=CC=CC=C(C)C=CC=C(C)C=CC1=C(C)CCCC1(C)C. The zero-order valence-electron chi connectivity index (χ0n) is 22.6. The third kappa shape index (κ3) is 12.3. The fourth-order valence-electron chi connectivity index (χ4n) is 3.81. The van der Waals surface area contributed by atoms with Gasteiger partial charge in [0.05, 0.1) is 0 Å². The summed E-state index contributed by atoms with van der Waals surface area (Å²) in [7, 11) is 0. The van der Waals surface area contributed by atoms with Crippen LogP contribution in [0.2, 0.25) is 0 Å². The molecule has 0 aliphatic heterocycles. The summed E-state index contributed by atoms with van der Waals surface area (Å²) in [5.74, 6) is 0.0610. The fraction of sp³-hybridized carbons (Fsp3) is 0.364. The third-order valence-corrected chi connectivity index (χ3v) is 5.90. The van der Waals surface area contributed by atoms with Crippen LogP contribution in [0, 0.1) is 5.41 Å². The van der Waals surface area contributed by atoms with Crippen molar-refractivity contribution in [2.45, 2.75) is 74.7 Å². The summed E-state index contributed by atoms with van der Waals surface area (Å²) in [6, 6.07) is 0. The van der Waals surface area contributed by atoms with E-state index in [-0.39, 0.29) is 11.2 Å². The average molecular weight is 457 g/mol. The van der Waals surface area contributed by atoms with Crippen molar-refractivity contribution in [1.29, 1.82) is 0 Å². The molecule has 0 spiro atoms. The van der Waals surface area contributed by atoms with Crippen molar-refractivity contribution in [3.63, 3.8) is 0 Å². The second kappa shape index (κ2) is 15.1. The molecule has 1 rings (SSSR count). The first-order valence-electron chi connectivity index (χ1n) is 12.3. The molecular weight excluding hydrogens is 412 g/mol. The van der Waals surface area contributed by atoms with Crippen LogP contribution < -0.4 is 0 Å². The molecule has 0 N–H and O–H groups in total. The lowest BCUT2D eigenvalue weighted by Gasteiger charge is -2.32. The van der Waals surface area contributed by atoms with Gasteiger partial charge >= 0.3 is 0 Å². The number of ketones is 1. The molecule has 0 fully saturated rings. The first-order chi connectivity index (χ1) is 16.0. The van der Waals surface area contributed by atoms with Crippen molar-refractivity contribution < 1.29 is 4.79 Å². The van der Waals surface area contributed by atoms with E-state index in [2.05, 4.69) is 102 Å². The maximum Gasteiger partial charge on any atom is 0.152 e. The maximum absolute atomic E-state index is 11.0. The number of rotatable bonds is 10. The van der Waals surface area contributed by atoms with Crippen molar-refractivity contribution in [3.05, 3.63) is 119 Å². The lowest BCUT2D eigenvalue weighted by molar-refractivity contribution is -0.112. The Kier molecular flexibility index (Phi) is 12.9. The van der Waals surface area contributed by atoms with E-state index < -0.39 is 0 Å². The number of hydrogen-bond donors (Lipinski definition) is 0. The Morgan fingerprint density at radius 1 is 0.676 bits per heavy atom. The van der Waals surface area contributed by atoms with Crippen molar-refractivity contribution >= 4 is 5.78 Å². The Morgan fingerprint density at radius 3 is 1.65 bits per heavy atom. The predicted octanol–water partition coefficient (Wildman–Crippen LogP) is 9.67. The van der Waals surface area contributed by atoms with Crippen LogP contribution in [-0.2, 0) is 4.79 Å². The molecule has 1 aliphatic carbocycles. The van der Waals surface area contributed by atoms with E-state index >= 15 is 0 Å². The normalized spacial score (nSPS) is 19.2. The van der Waals surface area contributed by atoms with Gasteiger partial charge in [-0.25, -0.2) is 0 Å². The molecule has 1 heteroatoms. The van der Waals surface area contributed by atoms with E-state index in [0.29, 0.717) is 0 Å². The highest BCUT2D eigenvalue weighted by Crippen LogP contribution is 2.40. The van der Waals surface area contributed by atoms with Gasteiger partial charge in [-0.05, 0) is 77.9 Å². The standard InChI is InChI=1S/C33H44O/c1-26(16-11-18-28(3)21-23-31(6)34)14-9-10-15-27(2)17-12-19-29(4)22-24-32-30(5)20-13-25-33(32,7)8/h9-12,14-19,21-24H,13,20,25H2,1-8H3. The minimum Gasteiger partial charge on any atom is -0.295 e. The number of hydrogen-bond acceptors (Lipinski definition) is 1. The highest BCUT2D eigenvalue weighted by Gasteiger charge is 2.26. The fourth-order valence-corrected chi connectivity index (χ4v) is 3.81. The van der Waals surface area contributed by atoms with Gasteiger partial charge in [0.2, 0.25) is 0 Å². The second-order valence-electron chi connectivity index (χ2n) is 9.95. The molecule has 0 saturated carbocycles. The average Bonchev–Trinajstić information content (AvgIpc) is 2.74. The predicted molar refractivity (Wildman–Crippen MR) is 152 cm³/mol. The van der Waals surface area contributed by atoms with Crippen LogP contribution in [0.4, 0.5) is 0 Å². The molecule has 0 unspecified atom stereocenters. The quantitative estimate of drug-likeness (QED) is 0.236. The molecule has 0 aromatic carbocycles. The summed E-state index contributed by atoms with van der Waals surface area (Å²) in [5, 5.41) is 0. The van der Waals surface area contributed by atoms with Gasteiger partial charge in [-0.2, -0.15) is 0 Å². The van der Waals surface area contributed by atoms with E-state index in [1.807, 2.05) is 25.2 Å². The third-order valence-electron chi connectivity index (χ3n) is 5.90. The van der Waals surface area contributed by atoms with E-state index in [0.717, 1.165) is 11.1 Å². The van der Waals surface area contributed by atoms with Crippen molar-refractivity contribution in [3.8, 4) is 0 Å². The Morgan fingerprint density at radius 2 is 1.15 bits per heavy atom. The monoisotopic (exact) mass is 456 g/mol. The molecule has 0 aromatic heterocycles. The highest BCUT2D eigenvalue weighted by molar-refractivity contribution is 5.87.